The third-order valence-corrected chi connectivity index (χ3v) is 7.73. The van der Waals surface area contributed by atoms with Gasteiger partial charge in [0.15, 0.2) is 0 Å². The molecule has 1 saturated carbocycles. The number of alkyl halides is 3. The Kier molecular flexibility index (Phi) is 6.93. The predicted molar refractivity (Wildman–Crippen MR) is 132 cm³/mol. The largest absolute Gasteiger partial charge is 0.475 e. The highest BCUT2D eigenvalue weighted by Gasteiger charge is 2.70. The quantitative estimate of drug-likeness (QED) is 0.594. The Hall–Kier alpha value is -3.05. The minimum absolute atomic E-state index is 0.0499. The molecule has 200 valence electrons. The van der Waals surface area contributed by atoms with Gasteiger partial charge in [-0.25, -0.2) is 4.79 Å². The lowest BCUT2D eigenvalue weighted by Crippen LogP contribution is -2.65. The van der Waals surface area contributed by atoms with E-state index in [9.17, 15) is 23.1 Å². The van der Waals surface area contributed by atoms with Gasteiger partial charge in [-0.2, -0.15) is 18.2 Å². The molecule has 11 heteroatoms. The normalized spacial score (nSPS) is 23.4. The van der Waals surface area contributed by atoms with E-state index in [4.69, 9.17) is 9.47 Å². The van der Waals surface area contributed by atoms with Gasteiger partial charge in [0.25, 0.3) is 0 Å². The molecule has 8 nitrogen and oxygen atoms in total. The van der Waals surface area contributed by atoms with Gasteiger partial charge < -0.3 is 29.7 Å². The van der Waals surface area contributed by atoms with Crippen LogP contribution in [-0.2, 0) is 4.74 Å². The zero-order valence-corrected chi connectivity index (χ0v) is 20.7. The van der Waals surface area contributed by atoms with Crippen LogP contribution in [0.1, 0.15) is 24.8 Å². The number of nitrogens with one attached hydrogen (secondary N) is 1. The van der Waals surface area contributed by atoms with Crippen molar-refractivity contribution in [1.82, 2.24) is 9.88 Å². The van der Waals surface area contributed by atoms with Crippen molar-refractivity contribution in [3.63, 3.8) is 0 Å². The zero-order valence-electron chi connectivity index (χ0n) is 20.7. The molecule has 1 aromatic carbocycles. The summed E-state index contributed by atoms with van der Waals surface area (Å²) in [5, 5.41) is 11.9. The first-order chi connectivity index (χ1) is 17.7. The maximum Gasteiger partial charge on any atom is 0.412 e. The third kappa shape index (κ3) is 4.70. The molecule has 1 aromatic heterocycles. The van der Waals surface area contributed by atoms with Gasteiger partial charge in [0, 0.05) is 31.4 Å². The molecule has 37 heavy (non-hydrogen) atoms. The molecule has 2 saturated heterocycles. The topological polar surface area (TPSA) is 87.2 Å². The molecule has 3 aliphatic rings. The second-order valence-electron chi connectivity index (χ2n) is 9.78. The molecule has 0 bridgehead atoms. The number of rotatable bonds is 6. The highest BCUT2D eigenvalue weighted by atomic mass is 19.4. The van der Waals surface area contributed by atoms with Crippen molar-refractivity contribution >= 4 is 17.5 Å². The first kappa shape index (κ1) is 25.6. The Morgan fingerprint density at radius 1 is 1.22 bits per heavy atom. The number of hydrogen-bond donors (Lipinski definition) is 2. The van der Waals surface area contributed by atoms with E-state index >= 15 is 0 Å². The van der Waals surface area contributed by atoms with Crippen LogP contribution in [0.25, 0.3) is 11.1 Å². The number of amides is 2. The summed E-state index contributed by atoms with van der Waals surface area (Å²) in [4.78, 5) is 20.7. The Labute approximate surface area is 213 Å². The van der Waals surface area contributed by atoms with Crippen molar-refractivity contribution in [2.24, 2.45) is 5.92 Å². The summed E-state index contributed by atoms with van der Waals surface area (Å²) in [6.45, 7) is 4.44. The smallest absolute Gasteiger partial charge is 0.412 e. The standard InChI is InChI=1S/C26H31F3N4O4/c1-17-2-3-20(30-24(35)33-7-5-19-4-6-25(19,33)26(27,28)29)16-21(17)18-14-22(32-8-11-36-12-9-32)31-23(15-18)37-13-10-34/h2-3,14-16,19,34H,4-13H2,1H3,(H,30,35)/t19-,25?/m1/s1. The number of halogens is 3. The van der Waals surface area contributed by atoms with Crippen molar-refractivity contribution in [2.45, 2.75) is 37.9 Å². The molecule has 0 radical (unpaired) electrons. The molecule has 3 heterocycles. The summed E-state index contributed by atoms with van der Waals surface area (Å²) >= 11 is 0. The van der Waals surface area contributed by atoms with Gasteiger partial charge in [-0.15, -0.1) is 0 Å². The summed E-state index contributed by atoms with van der Waals surface area (Å²) < 4.78 is 53.0. The average molecular weight is 521 g/mol. The maximum atomic E-state index is 14.0. The summed E-state index contributed by atoms with van der Waals surface area (Å²) in [6, 6.07) is 8.22. The van der Waals surface area contributed by atoms with Gasteiger partial charge in [-0.05, 0) is 67.0 Å². The Bertz CT molecular complexity index is 1160. The first-order valence-corrected chi connectivity index (χ1v) is 12.6. The number of carbonyl (C=O) groups excluding carboxylic acids is 1. The van der Waals surface area contributed by atoms with Crippen LogP contribution in [0, 0.1) is 12.8 Å². The van der Waals surface area contributed by atoms with Crippen molar-refractivity contribution in [1.29, 1.82) is 0 Å². The second-order valence-corrected chi connectivity index (χ2v) is 9.78. The minimum Gasteiger partial charge on any atom is -0.475 e. The number of morpholine rings is 1. The Morgan fingerprint density at radius 2 is 2.00 bits per heavy atom. The fraction of sp³-hybridized carbons (Fsp3) is 0.538. The Balaban J connectivity index is 1.43. The van der Waals surface area contributed by atoms with E-state index in [0.29, 0.717) is 56.5 Å². The zero-order chi connectivity index (χ0) is 26.2. The summed E-state index contributed by atoms with van der Waals surface area (Å²) in [6.07, 6.45) is -3.65. The molecule has 2 atom stereocenters. The van der Waals surface area contributed by atoms with E-state index in [-0.39, 0.29) is 26.2 Å². The molecule has 5 rings (SSSR count). The second kappa shape index (κ2) is 10.0. The fourth-order valence-electron chi connectivity index (χ4n) is 5.68. The number of aliphatic hydroxyl groups is 1. The van der Waals surface area contributed by atoms with Crippen LogP contribution in [0.5, 0.6) is 5.88 Å². The van der Waals surface area contributed by atoms with Crippen LogP contribution in [0.3, 0.4) is 0 Å². The molecule has 1 unspecified atom stereocenters. The van der Waals surface area contributed by atoms with E-state index in [0.717, 1.165) is 21.6 Å². The lowest BCUT2D eigenvalue weighted by molar-refractivity contribution is -0.252. The van der Waals surface area contributed by atoms with Gasteiger partial charge in [-0.1, -0.05) is 6.07 Å². The summed E-state index contributed by atoms with van der Waals surface area (Å²) in [5.41, 5.74) is 0.842. The van der Waals surface area contributed by atoms with Crippen LogP contribution in [-0.4, -0.2) is 78.8 Å². The number of carbonyl (C=O) groups is 1. The number of nitrogens with zero attached hydrogens (tertiary/aromatic N) is 3. The number of anilines is 2. The number of hydrogen-bond acceptors (Lipinski definition) is 6. The van der Waals surface area contributed by atoms with Gasteiger partial charge in [0.1, 0.15) is 18.0 Å². The third-order valence-electron chi connectivity index (χ3n) is 7.73. The van der Waals surface area contributed by atoms with Crippen LogP contribution in [0.15, 0.2) is 30.3 Å². The highest BCUT2D eigenvalue weighted by molar-refractivity contribution is 5.91. The van der Waals surface area contributed by atoms with Crippen LogP contribution in [0.2, 0.25) is 0 Å². The van der Waals surface area contributed by atoms with Crippen molar-refractivity contribution in [3.8, 4) is 17.0 Å². The number of benzene rings is 1. The molecular weight excluding hydrogens is 489 g/mol. The average Bonchev–Trinajstić information content (AvgIpc) is 3.14. The lowest BCUT2D eigenvalue weighted by atomic mass is 9.66. The number of aryl methyl sites for hydroxylation is 1. The van der Waals surface area contributed by atoms with Gasteiger partial charge in [-0.3, -0.25) is 0 Å². The van der Waals surface area contributed by atoms with E-state index in [1.807, 2.05) is 19.1 Å². The van der Waals surface area contributed by atoms with E-state index in [1.165, 1.54) is 0 Å². The van der Waals surface area contributed by atoms with E-state index in [1.54, 1.807) is 18.2 Å². The molecule has 0 spiro atoms. The molecule has 2 aromatic rings. The number of fused-ring (bicyclic) bond motifs is 1. The number of likely N-dealkylation sites (tertiary alicyclic amines) is 1. The van der Waals surface area contributed by atoms with Gasteiger partial charge in [0.2, 0.25) is 5.88 Å². The molecule has 2 amide bonds. The van der Waals surface area contributed by atoms with Gasteiger partial charge >= 0.3 is 12.2 Å². The minimum atomic E-state index is -4.46. The first-order valence-electron chi connectivity index (χ1n) is 12.6. The van der Waals surface area contributed by atoms with Crippen molar-refractivity contribution in [3.05, 3.63) is 35.9 Å². The molecule has 2 N–H and O–H groups in total. The molecular formula is C26H31F3N4O4. The van der Waals surface area contributed by atoms with Crippen LogP contribution < -0.4 is 15.0 Å². The number of urea groups is 1. The lowest BCUT2D eigenvalue weighted by Gasteiger charge is -2.50. The van der Waals surface area contributed by atoms with Crippen molar-refractivity contribution < 1.29 is 32.5 Å². The monoisotopic (exact) mass is 520 g/mol. The van der Waals surface area contributed by atoms with Gasteiger partial charge in [0.05, 0.1) is 19.8 Å². The molecule has 3 fully saturated rings. The molecule has 1 aliphatic carbocycles. The number of pyridine rings is 1. The molecule has 2 aliphatic heterocycles. The number of aliphatic hydroxyl groups excluding tert-OH is 1. The predicted octanol–water partition coefficient (Wildman–Crippen LogP) is 4.21. The highest BCUT2D eigenvalue weighted by Crippen LogP contribution is 2.58. The number of ether oxygens (including phenoxy) is 2. The summed E-state index contributed by atoms with van der Waals surface area (Å²) in [5.74, 6) is 0.518. The van der Waals surface area contributed by atoms with E-state index in [2.05, 4.69) is 15.2 Å². The summed E-state index contributed by atoms with van der Waals surface area (Å²) in [7, 11) is 0. The van der Waals surface area contributed by atoms with Crippen LogP contribution >= 0.6 is 0 Å². The van der Waals surface area contributed by atoms with Crippen molar-refractivity contribution in [2.75, 3.05) is 56.3 Å². The van der Waals surface area contributed by atoms with E-state index < -0.39 is 23.7 Å². The Morgan fingerprint density at radius 3 is 2.68 bits per heavy atom. The number of aromatic nitrogens is 1. The maximum absolute atomic E-state index is 14.0. The fourth-order valence-corrected chi connectivity index (χ4v) is 5.68. The SMILES string of the molecule is Cc1ccc(NC(=O)N2CC[C@H]3CCC32C(F)(F)F)cc1-c1cc(OCCO)nc(N2CCOCC2)c1. The van der Waals surface area contributed by atoms with Crippen LogP contribution in [0.4, 0.5) is 29.5 Å².